The molecule has 0 bridgehead atoms. The van der Waals surface area contributed by atoms with Crippen LogP contribution < -0.4 is 0 Å². The molecule has 4 rings (SSSR count). The number of rotatable bonds is 5. The van der Waals surface area contributed by atoms with Crippen molar-refractivity contribution in [2.45, 2.75) is 44.8 Å². The molecule has 1 aliphatic rings. The van der Waals surface area contributed by atoms with Gasteiger partial charge in [0.1, 0.15) is 17.5 Å². The topological polar surface area (TPSA) is 71.9 Å². The second-order valence-electron chi connectivity index (χ2n) is 8.49. The third-order valence-corrected chi connectivity index (χ3v) is 6.15. The first-order valence-electron chi connectivity index (χ1n) is 11.1. The summed E-state index contributed by atoms with van der Waals surface area (Å²) >= 11 is 0. The van der Waals surface area contributed by atoms with Crippen LogP contribution in [-0.4, -0.2) is 43.3 Å². The van der Waals surface area contributed by atoms with Crippen LogP contribution in [0.4, 0.5) is 22.0 Å². The molecule has 0 radical (unpaired) electrons. The Morgan fingerprint density at radius 1 is 1.09 bits per heavy atom. The maximum absolute atomic E-state index is 15.0. The first kappa shape index (κ1) is 24.6. The van der Waals surface area contributed by atoms with Crippen molar-refractivity contribution in [3.05, 3.63) is 71.6 Å². The predicted molar refractivity (Wildman–Crippen MR) is 116 cm³/mol. The van der Waals surface area contributed by atoms with Crippen LogP contribution in [0, 0.1) is 17.6 Å². The van der Waals surface area contributed by atoms with E-state index in [9.17, 15) is 26.7 Å². The molecule has 11 heteroatoms. The Kier molecular flexibility index (Phi) is 7.04. The Balaban J connectivity index is 1.60. The van der Waals surface area contributed by atoms with Crippen molar-refractivity contribution < 1.29 is 26.7 Å². The van der Waals surface area contributed by atoms with Crippen LogP contribution in [0.15, 0.2) is 43.0 Å². The number of halogens is 5. The Morgan fingerprint density at radius 2 is 1.77 bits per heavy atom. The SMILES string of the molecule is C[C@@H]1CCCN(C(=O)c2c(F)cc(F)cc2-c2ncccn2)[C@@H]1CCc1ncc(C(F)(F)F)cn1. The van der Waals surface area contributed by atoms with Crippen LogP contribution in [0.5, 0.6) is 0 Å². The van der Waals surface area contributed by atoms with Gasteiger partial charge in [-0.3, -0.25) is 4.79 Å². The first-order chi connectivity index (χ1) is 16.6. The molecule has 0 N–H and O–H groups in total. The van der Waals surface area contributed by atoms with Gasteiger partial charge in [0.05, 0.1) is 11.1 Å². The summed E-state index contributed by atoms with van der Waals surface area (Å²) in [5.74, 6) is -2.20. The van der Waals surface area contributed by atoms with E-state index in [1.54, 1.807) is 11.0 Å². The Hall–Kier alpha value is -3.50. The van der Waals surface area contributed by atoms with E-state index in [1.165, 1.54) is 12.4 Å². The summed E-state index contributed by atoms with van der Waals surface area (Å²) in [6.45, 7) is 2.31. The van der Waals surface area contributed by atoms with E-state index in [4.69, 9.17) is 0 Å². The quantitative estimate of drug-likeness (QED) is 0.464. The molecule has 1 aromatic carbocycles. The average Bonchev–Trinajstić information content (AvgIpc) is 2.82. The second kappa shape index (κ2) is 10.0. The number of benzene rings is 1. The first-order valence-corrected chi connectivity index (χ1v) is 11.1. The zero-order chi connectivity index (χ0) is 25.2. The van der Waals surface area contributed by atoms with E-state index in [0.717, 1.165) is 24.9 Å². The van der Waals surface area contributed by atoms with Gasteiger partial charge in [-0.25, -0.2) is 28.7 Å². The minimum atomic E-state index is -4.53. The van der Waals surface area contributed by atoms with E-state index >= 15 is 0 Å². The molecule has 2 atom stereocenters. The number of amides is 1. The zero-order valence-electron chi connectivity index (χ0n) is 18.8. The number of nitrogens with zero attached hydrogens (tertiary/aromatic N) is 5. The fraction of sp³-hybridized carbons (Fsp3) is 0.375. The van der Waals surface area contributed by atoms with Gasteiger partial charge < -0.3 is 4.90 Å². The molecule has 1 amide bonds. The van der Waals surface area contributed by atoms with Crippen LogP contribution in [0.3, 0.4) is 0 Å². The molecule has 1 saturated heterocycles. The van der Waals surface area contributed by atoms with Gasteiger partial charge in [0, 0.05) is 55.4 Å². The van der Waals surface area contributed by atoms with Crippen LogP contribution in [0.25, 0.3) is 11.4 Å². The molecule has 184 valence electrons. The van der Waals surface area contributed by atoms with Gasteiger partial charge >= 0.3 is 6.18 Å². The molecule has 0 aliphatic carbocycles. The zero-order valence-corrected chi connectivity index (χ0v) is 18.8. The number of alkyl halides is 3. The lowest BCUT2D eigenvalue weighted by Crippen LogP contribution is -2.48. The second-order valence-corrected chi connectivity index (χ2v) is 8.49. The van der Waals surface area contributed by atoms with Crippen molar-refractivity contribution in [1.29, 1.82) is 0 Å². The van der Waals surface area contributed by atoms with Crippen molar-refractivity contribution in [3.8, 4) is 11.4 Å². The van der Waals surface area contributed by atoms with Crippen LogP contribution in [0.2, 0.25) is 0 Å². The van der Waals surface area contributed by atoms with E-state index in [2.05, 4.69) is 19.9 Å². The van der Waals surface area contributed by atoms with Gasteiger partial charge in [0.25, 0.3) is 5.91 Å². The number of carbonyl (C=O) groups excluding carboxylic acids is 1. The number of piperidine rings is 1. The van der Waals surface area contributed by atoms with Crippen LogP contribution >= 0.6 is 0 Å². The number of hydrogen-bond donors (Lipinski definition) is 0. The molecule has 35 heavy (non-hydrogen) atoms. The van der Waals surface area contributed by atoms with Crippen molar-refractivity contribution >= 4 is 5.91 Å². The largest absolute Gasteiger partial charge is 0.419 e. The van der Waals surface area contributed by atoms with Gasteiger partial charge in [-0.1, -0.05) is 6.92 Å². The molecule has 6 nitrogen and oxygen atoms in total. The lowest BCUT2D eigenvalue weighted by atomic mass is 9.87. The molecule has 0 unspecified atom stereocenters. The number of aryl methyl sites for hydroxylation is 1. The summed E-state index contributed by atoms with van der Waals surface area (Å²) in [5, 5.41) is 0. The van der Waals surface area contributed by atoms with Crippen LogP contribution in [-0.2, 0) is 12.6 Å². The van der Waals surface area contributed by atoms with Crippen LogP contribution in [0.1, 0.15) is 47.9 Å². The number of carbonyl (C=O) groups is 1. The fourth-order valence-electron chi connectivity index (χ4n) is 4.40. The minimum Gasteiger partial charge on any atom is -0.335 e. The minimum absolute atomic E-state index is 0.0222. The Morgan fingerprint density at radius 3 is 2.43 bits per heavy atom. The molecule has 3 aromatic rings. The van der Waals surface area contributed by atoms with E-state index in [1.807, 2.05) is 6.92 Å². The van der Waals surface area contributed by atoms with Crippen molar-refractivity contribution in [2.75, 3.05) is 6.54 Å². The normalized spacial score (nSPS) is 18.5. The third-order valence-electron chi connectivity index (χ3n) is 6.15. The lowest BCUT2D eigenvalue weighted by Gasteiger charge is -2.40. The Labute approximate surface area is 198 Å². The maximum Gasteiger partial charge on any atom is 0.419 e. The smallest absolute Gasteiger partial charge is 0.335 e. The summed E-state index contributed by atoms with van der Waals surface area (Å²) in [6.07, 6.45) is 1.88. The summed E-state index contributed by atoms with van der Waals surface area (Å²) in [6, 6.07) is 2.89. The standard InChI is InChI=1S/C24H22F5N5O/c1-14-4-2-9-34(19(14)5-6-20-32-12-15(13-33-20)24(27,28)29)23(35)21-17(10-16(25)11-18(21)26)22-30-7-3-8-31-22/h3,7-8,10-14,19H,2,4-6,9H2,1H3/t14-,19-/m1/s1. The number of hydrogen-bond acceptors (Lipinski definition) is 5. The van der Waals surface area contributed by atoms with Crippen molar-refractivity contribution in [1.82, 2.24) is 24.8 Å². The highest BCUT2D eigenvalue weighted by atomic mass is 19.4. The van der Waals surface area contributed by atoms with Gasteiger partial charge in [0.2, 0.25) is 0 Å². The molecule has 1 fully saturated rings. The van der Waals surface area contributed by atoms with Gasteiger partial charge in [-0.05, 0) is 37.3 Å². The summed E-state index contributed by atoms with van der Waals surface area (Å²) < 4.78 is 67.3. The fourth-order valence-corrected chi connectivity index (χ4v) is 4.40. The van der Waals surface area contributed by atoms with Crippen molar-refractivity contribution in [2.24, 2.45) is 5.92 Å². The number of likely N-dealkylation sites (tertiary alicyclic amines) is 1. The lowest BCUT2D eigenvalue weighted by molar-refractivity contribution is -0.138. The summed E-state index contributed by atoms with van der Waals surface area (Å²) in [5.41, 5.74) is -1.30. The molecule has 0 spiro atoms. The van der Waals surface area contributed by atoms with Gasteiger partial charge in [-0.2, -0.15) is 13.2 Å². The predicted octanol–water partition coefficient (Wildman–Crippen LogP) is 5.10. The van der Waals surface area contributed by atoms with Gasteiger partial charge in [-0.15, -0.1) is 0 Å². The molecule has 0 saturated carbocycles. The molecule has 1 aliphatic heterocycles. The molecular weight excluding hydrogens is 469 g/mol. The molecular formula is C24H22F5N5O. The Bertz CT molecular complexity index is 1190. The molecule has 3 heterocycles. The monoisotopic (exact) mass is 491 g/mol. The highest BCUT2D eigenvalue weighted by Crippen LogP contribution is 2.32. The third kappa shape index (κ3) is 5.44. The van der Waals surface area contributed by atoms with Gasteiger partial charge in [0.15, 0.2) is 5.82 Å². The highest BCUT2D eigenvalue weighted by Gasteiger charge is 2.35. The van der Waals surface area contributed by atoms with E-state index in [0.29, 0.717) is 25.5 Å². The maximum atomic E-state index is 15.0. The van der Waals surface area contributed by atoms with E-state index < -0.39 is 29.3 Å². The highest BCUT2D eigenvalue weighted by molar-refractivity contribution is 6.00. The summed E-state index contributed by atoms with van der Waals surface area (Å²) in [7, 11) is 0. The molecule has 2 aromatic heterocycles. The number of aromatic nitrogens is 4. The van der Waals surface area contributed by atoms with E-state index in [-0.39, 0.29) is 41.2 Å². The average molecular weight is 491 g/mol. The van der Waals surface area contributed by atoms with Crippen molar-refractivity contribution in [3.63, 3.8) is 0 Å². The summed E-state index contributed by atoms with van der Waals surface area (Å²) in [4.78, 5) is 30.8.